The molecule has 0 bridgehead atoms. The first-order valence-electron chi connectivity index (χ1n) is 8.27. The van der Waals surface area contributed by atoms with E-state index in [-0.39, 0.29) is 6.42 Å². The molecule has 0 aliphatic rings. The van der Waals surface area contributed by atoms with Crippen molar-refractivity contribution in [1.82, 2.24) is 4.90 Å². The Hall–Kier alpha value is -1.39. The number of aliphatic hydroxyl groups excluding tert-OH is 1. The number of rotatable bonds is 11. The lowest BCUT2D eigenvalue weighted by atomic mass is 10.0. The van der Waals surface area contributed by atoms with Gasteiger partial charge in [-0.3, -0.25) is 4.79 Å². The van der Waals surface area contributed by atoms with Gasteiger partial charge in [-0.15, -0.1) is 0 Å². The zero-order valence-corrected chi connectivity index (χ0v) is 13.8. The molecule has 0 aliphatic heterocycles. The van der Waals surface area contributed by atoms with Crippen molar-refractivity contribution in [2.45, 2.75) is 52.1 Å². The average Bonchev–Trinajstić information content (AvgIpc) is 2.50. The number of hydrogen-bond acceptors (Lipinski definition) is 3. The summed E-state index contributed by atoms with van der Waals surface area (Å²) in [5.41, 5.74) is 2.24. The number of aryl methyl sites for hydroxylation is 1. The standard InChI is InChI=1S/C18H29NO3/c1-3-5-15-6-8-16(9-7-15)17(20)10-13-19(12-4-2)14-11-18(21)22/h6-9,17,20H,3-5,10-14H2,1-2H3,(H,21,22). The average molecular weight is 307 g/mol. The molecule has 0 saturated heterocycles. The molecule has 1 aromatic rings. The van der Waals surface area contributed by atoms with Crippen molar-refractivity contribution < 1.29 is 15.0 Å². The SMILES string of the molecule is CCCc1ccc(C(O)CCN(CCC)CCC(=O)O)cc1. The van der Waals surface area contributed by atoms with E-state index in [1.165, 1.54) is 5.56 Å². The fraction of sp³-hybridized carbons (Fsp3) is 0.611. The van der Waals surface area contributed by atoms with Gasteiger partial charge in [-0.05, 0) is 36.9 Å². The summed E-state index contributed by atoms with van der Waals surface area (Å²) in [5.74, 6) is -0.770. The fourth-order valence-corrected chi connectivity index (χ4v) is 2.57. The summed E-state index contributed by atoms with van der Waals surface area (Å²) in [6, 6.07) is 8.15. The Morgan fingerprint density at radius 3 is 2.32 bits per heavy atom. The van der Waals surface area contributed by atoms with Crippen LogP contribution in [0.1, 0.15) is 56.8 Å². The molecule has 1 unspecified atom stereocenters. The zero-order chi connectivity index (χ0) is 16.4. The lowest BCUT2D eigenvalue weighted by Crippen LogP contribution is -2.29. The Morgan fingerprint density at radius 2 is 1.77 bits per heavy atom. The lowest BCUT2D eigenvalue weighted by Gasteiger charge is -2.22. The first-order valence-corrected chi connectivity index (χ1v) is 8.27. The number of aliphatic hydroxyl groups is 1. The second-order valence-corrected chi connectivity index (χ2v) is 5.78. The third kappa shape index (κ3) is 7.05. The minimum Gasteiger partial charge on any atom is -0.481 e. The monoisotopic (exact) mass is 307 g/mol. The van der Waals surface area contributed by atoms with Crippen LogP contribution in [-0.4, -0.2) is 40.7 Å². The van der Waals surface area contributed by atoms with E-state index < -0.39 is 12.1 Å². The summed E-state index contributed by atoms with van der Waals surface area (Å²) in [6.07, 6.45) is 3.48. The van der Waals surface area contributed by atoms with Crippen LogP contribution in [0.4, 0.5) is 0 Å². The minimum absolute atomic E-state index is 0.155. The van der Waals surface area contributed by atoms with Crippen molar-refractivity contribution in [3.8, 4) is 0 Å². The van der Waals surface area contributed by atoms with Crippen molar-refractivity contribution in [3.05, 3.63) is 35.4 Å². The molecule has 4 nitrogen and oxygen atoms in total. The Bertz CT molecular complexity index is 430. The Kier molecular flexibility index (Phi) is 8.78. The number of aliphatic carboxylic acids is 1. The van der Waals surface area contributed by atoms with Gasteiger partial charge in [-0.25, -0.2) is 0 Å². The predicted molar refractivity (Wildman–Crippen MR) is 89.0 cm³/mol. The van der Waals surface area contributed by atoms with Gasteiger partial charge in [0.15, 0.2) is 0 Å². The Balaban J connectivity index is 2.47. The largest absolute Gasteiger partial charge is 0.481 e. The number of benzene rings is 1. The first-order chi connectivity index (χ1) is 10.6. The van der Waals surface area contributed by atoms with Gasteiger partial charge in [0.1, 0.15) is 0 Å². The normalized spacial score (nSPS) is 12.5. The topological polar surface area (TPSA) is 60.8 Å². The summed E-state index contributed by atoms with van der Waals surface area (Å²) in [6.45, 7) is 6.37. The maximum absolute atomic E-state index is 10.7. The molecule has 0 spiro atoms. The molecule has 0 saturated carbocycles. The summed E-state index contributed by atoms with van der Waals surface area (Å²) in [7, 11) is 0. The van der Waals surface area contributed by atoms with Crippen LogP contribution in [0.15, 0.2) is 24.3 Å². The molecule has 2 N–H and O–H groups in total. The Labute approximate surface area is 133 Å². The van der Waals surface area contributed by atoms with Gasteiger partial charge in [0.25, 0.3) is 0 Å². The van der Waals surface area contributed by atoms with E-state index in [1.807, 2.05) is 12.1 Å². The summed E-state index contributed by atoms with van der Waals surface area (Å²) < 4.78 is 0. The van der Waals surface area contributed by atoms with Crippen LogP contribution in [0.5, 0.6) is 0 Å². The minimum atomic E-state index is -0.770. The molecule has 0 heterocycles. The molecule has 1 atom stereocenters. The number of carboxylic acid groups (broad SMARTS) is 1. The summed E-state index contributed by atoms with van der Waals surface area (Å²) in [4.78, 5) is 12.8. The zero-order valence-electron chi connectivity index (χ0n) is 13.8. The number of nitrogens with zero attached hydrogens (tertiary/aromatic N) is 1. The molecule has 0 aromatic heterocycles. The summed E-state index contributed by atoms with van der Waals surface area (Å²) in [5, 5.41) is 19.1. The van der Waals surface area contributed by atoms with E-state index in [0.717, 1.165) is 37.9 Å². The smallest absolute Gasteiger partial charge is 0.304 e. The van der Waals surface area contributed by atoms with Gasteiger partial charge in [0, 0.05) is 13.1 Å². The Morgan fingerprint density at radius 1 is 1.09 bits per heavy atom. The van der Waals surface area contributed by atoms with Crippen molar-refractivity contribution in [1.29, 1.82) is 0 Å². The highest BCUT2D eigenvalue weighted by atomic mass is 16.4. The molecule has 0 fully saturated rings. The van der Waals surface area contributed by atoms with Gasteiger partial charge in [-0.2, -0.15) is 0 Å². The van der Waals surface area contributed by atoms with Gasteiger partial charge in [0.05, 0.1) is 12.5 Å². The van der Waals surface area contributed by atoms with Crippen molar-refractivity contribution in [3.63, 3.8) is 0 Å². The molecule has 4 heteroatoms. The number of hydrogen-bond donors (Lipinski definition) is 2. The molecule has 1 rings (SSSR count). The van der Waals surface area contributed by atoms with E-state index in [2.05, 4.69) is 30.9 Å². The van der Waals surface area contributed by atoms with Gasteiger partial charge < -0.3 is 15.1 Å². The van der Waals surface area contributed by atoms with Crippen molar-refractivity contribution in [2.24, 2.45) is 0 Å². The number of carbonyl (C=O) groups is 1. The maximum Gasteiger partial charge on any atom is 0.304 e. The van der Waals surface area contributed by atoms with E-state index in [4.69, 9.17) is 5.11 Å². The second kappa shape index (κ2) is 10.4. The lowest BCUT2D eigenvalue weighted by molar-refractivity contribution is -0.137. The van der Waals surface area contributed by atoms with Gasteiger partial charge in [0.2, 0.25) is 0 Å². The molecule has 1 aromatic carbocycles. The molecule has 0 amide bonds. The first kappa shape index (κ1) is 18.7. The van der Waals surface area contributed by atoms with Crippen molar-refractivity contribution >= 4 is 5.97 Å². The fourth-order valence-electron chi connectivity index (χ4n) is 2.57. The van der Waals surface area contributed by atoms with Crippen LogP contribution in [0.3, 0.4) is 0 Å². The number of carboxylic acids is 1. The quantitative estimate of drug-likeness (QED) is 0.659. The second-order valence-electron chi connectivity index (χ2n) is 5.78. The molecule has 0 radical (unpaired) electrons. The highest BCUT2D eigenvalue weighted by molar-refractivity contribution is 5.66. The van der Waals surface area contributed by atoms with Crippen molar-refractivity contribution in [2.75, 3.05) is 19.6 Å². The molecule has 0 aliphatic carbocycles. The molecular weight excluding hydrogens is 278 g/mol. The van der Waals surface area contributed by atoms with E-state index in [0.29, 0.717) is 13.0 Å². The van der Waals surface area contributed by atoms with Crippen LogP contribution in [0, 0.1) is 0 Å². The highest BCUT2D eigenvalue weighted by Crippen LogP contribution is 2.18. The maximum atomic E-state index is 10.7. The predicted octanol–water partition coefficient (Wildman–Crippen LogP) is 3.25. The van der Waals surface area contributed by atoms with E-state index >= 15 is 0 Å². The highest BCUT2D eigenvalue weighted by Gasteiger charge is 2.12. The molecule has 124 valence electrons. The van der Waals surface area contributed by atoms with Crippen LogP contribution in [-0.2, 0) is 11.2 Å². The molecule has 22 heavy (non-hydrogen) atoms. The summed E-state index contributed by atoms with van der Waals surface area (Å²) >= 11 is 0. The third-order valence-electron chi connectivity index (χ3n) is 3.80. The van der Waals surface area contributed by atoms with Gasteiger partial charge >= 0.3 is 5.97 Å². The van der Waals surface area contributed by atoms with Crippen LogP contribution in [0.2, 0.25) is 0 Å². The third-order valence-corrected chi connectivity index (χ3v) is 3.80. The van der Waals surface area contributed by atoms with E-state index in [1.54, 1.807) is 0 Å². The van der Waals surface area contributed by atoms with Crippen LogP contribution < -0.4 is 0 Å². The molecular formula is C18H29NO3. The van der Waals surface area contributed by atoms with Crippen LogP contribution in [0.25, 0.3) is 0 Å². The van der Waals surface area contributed by atoms with Crippen LogP contribution >= 0.6 is 0 Å². The van der Waals surface area contributed by atoms with Gasteiger partial charge in [-0.1, -0.05) is 44.5 Å². The van der Waals surface area contributed by atoms with E-state index in [9.17, 15) is 9.90 Å².